The molecule has 3 nitrogen and oxygen atoms in total. The Bertz CT molecular complexity index is 485. The molecule has 104 valence electrons. The second-order valence-electron chi connectivity index (χ2n) is 6.30. The Morgan fingerprint density at radius 3 is 2.63 bits per heavy atom. The summed E-state index contributed by atoms with van der Waals surface area (Å²) in [5.41, 5.74) is 0.777. The molecular weight excluding hydrogens is 240 g/mol. The van der Waals surface area contributed by atoms with Crippen LogP contribution in [0.5, 0.6) is 11.5 Å². The van der Waals surface area contributed by atoms with Crippen LogP contribution in [-0.2, 0) is 0 Å². The number of carbonyl (C=O) groups excluding carboxylic acids is 1. The molecule has 0 aliphatic carbocycles. The Kier molecular flexibility index (Phi) is 3.57. The highest BCUT2D eigenvalue weighted by Gasteiger charge is 2.35. The third-order valence-electron chi connectivity index (χ3n) is 4.08. The third-order valence-corrected chi connectivity index (χ3v) is 4.08. The smallest absolute Gasteiger partial charge is 0.170 e. The van der Waals surface area contributed by atoms with Gasteiger partial charge in [0.05, 0.1) is 12.7 Å². The fraction of sp³-hybridized carbons (Fsp3) is 0.562. The van der Waals surface area contributed by atoms with Crippen LogP contribution in [0.1, 0.15) is 44.5 Å². The lowest BCUT2D eigenvalue weighted by molar-refractivity contribution is 0.0498. The lowest BCUT2D eigenvalue weighted by Crippen LogP contribution is -2.38. The van der Waals surface area contributed by atoms with Gasteiger partial charge in [-0.25, -0.2) is 0 Å². The van der Waals surface area contributed by atoms with Crippen LogP contribution in [0.3, 0.4) is 0 Å². The Balaban J connectivity index is 2.30. The van der Waals surface area contributed by atoms with Crippen molar-refractivity contribution < 1.29 is 14.3 Å². The fourth-order valence-corrected chi connectivity index (χ4v) is 2.29. The fourth-order valence-electron chi connectivity index (χ4n) is 2.29. The normalized spacial score (nSPS) is 20.5. The molecule has 0 amide bonds. The van der Waals surface area contributed by atoms with Crippen LogP contribution in [0, 0.1) is 11.3 Å². The van der Waals surface area contributed by atoms with E-state index < -0.39 is 0 Å². The van der Waals surface area contributed by atoms with Gasteiger partial charge in [-0.2, -0.15) is 0 Å². The van der Waals surface area contributed by atoms with Crippen molar-refractivity contribution in [3.8, 4) is 11.5 Å². The van der Waals surface area contributed by atoms with E-state index in [2.05, 4.69) is 27.7 Å². The first-order valence-corrected chi connectivity index (χ1v) is 6.71. The van der Waals surface area contributed by atoms with Gasteiger partial charge in [-0.1, -0.05) is 27.7 Å². The quantitative estimate of drug-likeness (QED) is 0.815. The number of ketones is 1. The van der Waals surface area contributed by atoms with Crippen molar-refractivity contribution in [2.45, 2.75) is 40.2 Å². The SMILES string of the molecule is COc1ccc2c(c1)OC(C(C)C(C)(C)C)CC2=O. The van der Waals surface area contributed by atoms with Crippen LogP contribution >= 0.6 is 0 Å². The van der Waals surface area contributed by atoms with Gasteiger partial charge < -0.3 is 9.47 Å². The molecule has 2 rings (SSSR count). The second-order valence-corrected chi connectivity index (χ2v) is 6.30. The van der Waals surface area contributed by atoms with Crippen LogP contribution < -0.4 is 9.47 Å². The molecule has 3 heteroatoms. The Hall–Kier alpha value is -1.51. The number of carbonyl (C=O) groups is 1. The predicted octanol–water partition coefficient (Wildman–Crippen LogP) is 3.71. The van der Waals surface area contributed by atoms with Crippen LogP contribution in [0.25, 0.3) is 0 Å². The molecule has 0 bridgehead atoms. The van der Waals surface area contributed by atoms with Crippen molar-refractivity contribution in [3.63, 3.8) is 0 Å². The van der Waals surface area contributed by atoms with E-state index in [1.54, 1.807) is 25.3 Å². The molecule has 1 aromatic carbocycles. The lowest BCUT2D eigenvalue weighted by atomic mass is 9.76. The third kappa shape index (κ3) is 2.75. The summed E-state index contributed by atoms with van der Waals surface area (Å²) in [6, 6.07) is 5.39. The molecule has 1 heterocycles. The molecule has 1 aliphatic heterocycles. The summed E-state index contributed by atoms with van der Waals surface area (Å²) >= 11 is 0. The van der Waals surface area contributed by atoms with Gasteiger partial charge in [0, 0.05) is 12.5 Å². The number of hydrogen-bond donors (Lipinski definition) is 0. The number of rotatable bonds is 2. The van der Waals surface area contributed by atoms with E-state index >= 15 is 0 Å². The highest BCUT2D eigenvalue weighted by Crippen LogP contribution is 2.38. The van der Waals surface area contributed by atoms with E-state index in [1.807, 2.05) is 0 Å². The highest BCUT2D eigenvalue weighted by molar-refractivity contribution is 6.00. The Morgan fingerprint density at radius 2 is 2.05 bits per heavy atom. The van der Waals surface area contributed by atoms with Crippen LogP contribution in [-0.4, -0.2) is 19.0 Å². The number of ether oxygens (including phenoxy) is 2. The zero-order valence-electron chi connectivity index (χ0n) is 12.3. The molecule has 2 unspecified atom stereocenters. The summed E-state index contributed by atoms with van der Waals surface area (Å²) in [5, 5.41) is 0. The molecule has 0 fully saturated rings. The van der Waals surface area contributed by atoms with E-state index in [9.17, 15) is 4.79 Å². The van der Waals surface area contributed by atoms with Gasteiger partial charge in [-0.15, -0.1) is 0 Å². The summed E-state index contributed by atoms with van der Waals surface area (Å²) < 4.78 is 11.2. The largest absolute Gasteiger partial charge is 0.497 e. The Morgan fingerprint density at radius 1 is 1.37 bits per heavy atom. The van der Waals surface area contributed by atoms with Crippen molar-refractivity contribution in [1.29, 1.82) is 0 Å². The molecule has 0 saturated carbocycles. The van der Waals surface area contributed by atoms with Crippen molar-refractivity contribution in [3.05, 3.63) is 23.8 Å². The van der Waals surface area contributed by atoms with E-state index in [1.165, 1.54) is 0 Å². The average molecular weight is 262 g/mol. The molecule has 0 aromatic heterocycles. The van der Waals surface area contributed by atoms with Crippen molar-refractivity contribution in [1.82, 2.24) is 0 Å². The van der Waals surface area contributed by atoms with E-state index in [-0.39, 0.29) is 17.3 Å². The number of Topliss-reactive ketones (excluding diaryl/α,β-unsaturated/α-hetero) is 1. The zero-order valence-corrected chi connectivity index (χ0v) is 12.3. The minimum atomic E-state index is -0.0629. The Labute approximate surface area is 114 Å². The number of methoxy groups -OCH3 is 1. The van der Waals surface area contributed by atoms with E-state index in [4.69, 9.17) is 9.47 Å². The molecule has 19 heavy (non-hydrogen) atoms. The van der Waals surface area contributed by atoms with Crippen molar-refractivity contribution in [2.75, 3.05) is 7.11 Å². The molecule has 0 radical (unpaired) electrons. The zero-order chi connectivity index (χ0) is 14.2. The summed E-state index contributed by atoms with van der Waals surface area (Å²) in [4.78, 5) is 12.2. The maximum atomic E-state index is 12.2. The van der Waals surface area contributed by atoms with Gasteiger partial charge in [0.2, 0.25) is 0 Å². The molecule has 0 spiro atoms. The van der Waals surface area contributed by atoms with E-state index in [0.717, 1.165) is 5.75 Å². The molecule has 1 aliphatic rings. The summed E-state index contributed by atoms with van der Waals surface area (Å²) in [5.74, 6) is 1.83. The highest BCUT2D eigenvalue weighted by atomic mass is 16.5. The van der Waals surface area contributed by atoms with Crippen LogP contribution in [0.2, 0.25) is 0 Å². The van der Waals surface area contributed by atoms with Crippen molar-refractivity contribution >= 4 is 5.78 Å². The van der Waals surface area contributed by atoms with Crippen LogP contribution in [0.4, 0.5) is 0 Å². The van der Waals surface area contributed by atoms with Crippen LogP contribution in [0.15, 0.2) is 18.2 Å². The average Bonchev–Trinajstić information content (AvgIpc) is 2.35. The van der Waals surface area contributed by atoms with Gasteiger partial charge in [0.1, 0.15) is 17.6 Å². The first-order chi connectivity index (χ1) is 8.82. The molecule has 0 saturated heterocycles. The van der Waals surface area contributed by atoms with Crippen molar-refractivity contribution in [2.24, 2.45) is 11.3 Å². The standard InChI is InChI=1S/C16H22O3/c1-10(16(2,3)4)14-9-13(17)12-7-6-11(18-5)8-15(12)19-14/h6-8,10,14H,9H2,1-5H3. The second kappa shape index (κ2) is 4.87. The first kappa shape index (κ1) is 13.9. The minimum absolute atomic E-state index is 0.0629. The number of fused-ring (bicyclic) bond motifs is 1. The molecule has 2 atom stereocenters. The summed E-state index contributed by atoms with van der Waals surface area (Å²) in [6.45, 7) is 8.66. The topological polar surface area (TPSA) is 35.5 Å². The predicted molar refractivity (Wildman–Crippen MR) is 75.0 cm³/mol. The molecule has 0 N–H and O–H groups in total. The number of benzene rings is 1. The van der Waals surface area contributed by atoms with Gasteiger partial charge in [-0.05, 0) is 23.5 Å². The lowest BCUT2D eigenvalue weighted by Gasteiger charge is -2.36. The first-order valence-electron chi connectivity index (χ1n) is 6.71. The minimum Gasteiger partial charge on any atom is -0.497 e. The van der Waals surface area contributed by atoms with E-state index in [0.29, 0.717) is 23.7 Å². The number of hydrogen-bond acceptors (Lipinski definition) is 3. The molecule has 1 aromatic rings. The van der Waals surface area contributed by atoms with Gasteiger partial charge in [-0.3, -0.25) is 4.79 Å². The summed E-state index contributed by atoms with van der Waals surface area (Å²) in [6.07, 6.45) is 0.393. The monoisotopic (exact) mass is 262 g/mol. The maximum Gasteiger partial charge on any atom is 0.170 e. The summed E-state index contributed by atoms with van der Waals surface area (Å²) in [7, 11) is 1.61. The van der Waals surface area contributed by atoms with Gasteiger partial charge in [0.15, 0.2) is 5.78 Å². The van der Waals surface area contributed by atoms with Gasteiger partial charge in [0.25, 0.3) is 0 Å². The maximum absolute atomic E-state index is 12.2. The van der Waals surface area contributed by atoms with Gasteiger partial charge >= 0.3 is 0 Å². The molecular formula is C16H22O3.